The van der Waals surface area contributed by atoms with Gasteiger partial charge < -0.3 is 20.3 Å². The van der Waals surface area contributed by atoms with Gasteiger partial charge in [0.25, 0.3) is 0 Å². The van der Waals surface area contributed by atoms with Crippen LogP contribution in [0.5, 0.6) is 5.75 Å². The smallest absolute Gasteiger partial charge is 0.241 e. The van der Waals surface area contributed by atoms with Crippen molar-refractivity contribution in [2.75, 3.05) is 33.5 Å². The fourth-order valence-corrected chi connectivity index (χ4v) is 4.40. The van der Waals surface area contributed by atoms with Crippen LogP contribution in [0.3, 0.4) is 0 Å². The zero-order chi connectivity index (χ0) is 20.4. The average molecular weight is 407 g/mol. The van der Waals surface area contributed by atoms with Gasteiger partial charge in [0, 0.05) is 25.4 Å². The summed E-state index contributed by atoms with van der Waals surface area (Å²) < 4.78 is 5.21. The molecule has 0 spiro atoms. The fraction of sp³-hybridized carbons (Fsp3) is 0.619. The largest absolute Gasteiger partial charge is 0.497 e. The number of carbonyl (C=O) groups excluding carboxylic acids is 1. The molecular weight excluding hydrogens is 372 g/mol. The summed E-state index contributed by atoms with van der Waals surface area (Å²) in [4.78, 5) is 18.3. The summed E-state index contributed by atoms with van der Waals surface area (Å²) in [6, 6.07) is 8.30. The Hall–Kier alpha value is -1.89. The third kappa shape index (κ3) is 7.62. The molecule has 2 N–H and O–H groups in total. The van der Waals surface area contributed by atoms with Gasteiger partial charge in [0.1, 0.15) is 5.75 Å². The minimum Gasteiger partial charge on any atom is -0.497 e. The van der Waals surface area contributed by atoms with Crippen LogP contribution in [-0.4, -0.2) is 61.6 Å². The molecule has 2 atom stereocenters. The summed E-state index contributed by atoms with van der Waals surface area (Å²) in [6.07, 6.45) is 4.81. The number of likely N-dealkylation sites (N-methyl/N-ethyl adjacent to an activating group) is 1. The van der Waals surface area contributed by atoms with Crippen molar-refractivity contribution in [3.05, 3.63) is 29.8 Å². The predicted octanol–water partition coefficient (Wildman–Crippen LogP) is 2.88. The number of methoxy groups -OCH3 is 1. The van der Waals surface area contributed by atoms with Gasteiger partial charge in [-0.1, -0.05) is 25.5 Å². The Morgan fingerprint density at radius 3 is 2.68 bits per heavy atom. The zero-order valence-electron chi connectivity index (χ0n) is 17.5. The number of nitrogens with one attached hydrogen (secondary N) is 2. The van der Waals surface area contributed by atoms with E-state index in [-0.39, 0.29) is 12.5 Å². The van der Waals surface area contributed by atoms with Crippen LogP contribution in [0.15, 0.2) is 29.3 Å². The Balaban J connectivity index is 2.01. The number of aliphatic imine (C=N–C) groups is 1. The van der Waals surface area contributed by atoms with E-state index in [1.165, 1.54) is 12.8 Å². The van der Waals surface area contributed by atoms with Gasteiger partial charge in [0.2, 0.25) is 5.91 Å². The summed E-state index contributed by atoms with van der Waals surface area (Å²) in [5, 5.41) is 7.48. The second kappa shape index (κ2) is 11.8. The molecule has 28 heavy (non-hydrogen) atoms. The molecule has 156 valence electrons. The van der Waals surface area contributed by atoms with E-state index in [4.69, 9.17) is 9.73 Å². The van der Waals surface area contributed by atoms with E-state index in [0.717, 1.165) is 29.9 Å². The number of rotatable bonds is 8. The van der Waals surface area contributed by atoms with Crippen LogP contribution in [0.1, 0.15) is 38.2 Å². The molecular formula is C21H34N4O2S. The third-order valence-electron chi connectivity index (χ3n) is 4.85. The molecule has 1 amide bonds. The molecule has 0 radical (unpaired) electrons. The third-order valence-corrected chi connectivity index (χ3v) is 6.09. The van der Waals surface area contributed by atoms with Crippen molar-refractivity contribution in [2.24, 2.45) is 4.99 Å². The highest BCUT2D eigenvalue weighted by Crippen LogP contribution is 2.28. The van der Waals surface area contributed by atoms with Crippen molar-refractivity contribution in [1.82, 2.24) is 15.5 Å². The molecule has 2 unspecified atom stereocenters. The molecule has 6 nitrogen and oxygen atoms in total. The van der Waals surface area contributed by atoms with Gasteiger partial charge in [-0.05, 0) is 42.7 Å². The van der Waals surface area contributed by atoms with Crippen molar-refractivity contribution in [3.8, 4) is 5.75 Å². The summed E-state index contributed by atoms with van der Waals surface area (Å²) in [6.45, 7) is 3.01. The van der Waals surface area contributed by atoms with Gasteiger partial charge in [-0.25, -0.2) is 4.99 Å². The molecule has 1 saturated carbocycles. The van der Waals surface area contributed by atoms with Gasteiger partial charge in [-0.2, -0.15) is 11.8 Å². The van der Waals surface area contributed by atoms with E-state index in [1.54, 1.807) is 26.1 Å². The standard InChI is InChI=1S/C21H34N4O2S/c1-5-28-19-8-6-7-17(13-19)24-21(23-15-20(26)25(2)3)22-14-16-9-11-18(27-4)12-10-16/h9-12,17,19H,5-8,13-15H2,1-4H3,(H2,22,23,24). The van der Waals surface area contributed by atoms with Gasteiger partial charge in [-0.15, -0.1) is 0 Å². The van der Waals surface area contributed by atoms with Crippen LogP contribution in [0.2, 0.25) is 0 Å². The Kier molecular flexibility index (Phi) is 9.47. The number of carbonyl (C=O) groups is 1. The number of benzene rings is 1. The van der Waals surface area contributed by atoms with E-state index in [0.29, 0.717) is 23.8 Å². The molecule has 0 saturated heterocycles. The second-order valence-corrected chi connectivity index (χ2v) is 8.82. The summed E-state index contributed by atoms with van der Waals surface area (Å²) in [7, 11) is 5.19. The molecule has 7 heteroatoms. The lowest BCUT2D eigenvalue weighted by Crippen LogP contribution is -2.48. The number of hydrogen-bond acceptors (Lipinski definition) is 4. The maximum Gasteiger partial charge on any atom is 0.241 e. The maximum absolute atomic E-state index is 12.0. The lowest BCUT2D eigenvalue weighted by atomic mass is 9.95. The first-order chi connectivity index (χ1) is 13.5. The van der Waals surface area contributed by atoms with Crippen LogP contribution in [0.4, 0.5) is 0 Å². The van der Waals surface area contributed by atoms with Crippen LogP contribution in [0.25, 0.3) is 0 Å². The highest BCUT2D eigenvalue weighted by molar-refractivity contribution is 7.99. The summed E-state index contributed by atoms with van der Waals surface area (Å²) >= 11 is 2.05. The average Bonchev–Trinajstić information content (AvgIpc) is 2.70. The molecule has 0 bridgehead atoms. The first-order valence-corrected chi connectivity index (χ1v) is 11.1. The second-order valence-electron chi connectivity index (χ2n) is 7.24. The molecule has 1 aromatic carbocycles. The Bertz CT molecular complexity index is 632. The number of ether oxygens (including phenoxy) is 1. The minimum atomic E-state index is 0.0296. The van der Waals surface area contributed by atoms with Crippen molar-refractivity contribution >= 4 is 23.6 Å². The molecule has 1 aliphatic rings. The number of nitrogens with zero attached hydrogens (tertiary/aromatic N) is 2. The van der Waals surface area contributed by atoms with E-state index < -0.39 is 0 Å². The summed E-state index contributed by atoms with van der Waals surface area (Å²) in [5.41, 5.74) is 1.10. The topological polar surface area (TPSA) is 66.0 Å². The minimum absolute atomic E-state index is 0.0296. The van der Waals surface area contributed by atoms with Gasteiger partial charge in [0.05, 0.1) is 20.2 Å². The number of thioether (sulfide) groups is 1. The number of guanidine groups is 1. The van der Waals surface area contributed by atoms with Crippen molar-refractivity contribution in [3.63, 3.8) is 0 Å². The monoisotopic (exact) mass is 406 g/mol. The molecule has 2 rings (SSSR count). The lowest BCUT2D eigenvalue weighted by Gasteiger charge is -2.30. The molecule has 0 aromatic heterocycles. The SMILES string of the molecule is CCSC1CCCC(NC(=NCc2ccc(OC)cc2)NCC(=O)N(C)C)C1. The Morgan fingerprint density at radius 1 is 1.29 bits per heavy atom. The van der Waals surface area contributed by atoms with Crippen LogP contribution in [0, 0.1) is 0 Å². The maximum atomic E-state index is 12.0. The number of amides is 1. The first kappa shape index (κ1) is 22.4. The van der Waals surface area contributed by atoms with Crippen molar-refractivity contribution < 1.29 is 9.53 Å². The highest BCUT2D eigenvalue weighted by Gasteiger charge is 2.22. The van der Waals surface area contributed by atoms with Crippen molar-refractivity contribution in [1.29, 1.82) is 0 Å². The van der Waals surface area contributed by atoms with Crippen molar-refractivity contribution in [2.45, 2.75) is 50.4 Å². The Labute approximate surface area is 173 Å². The Morgan fingerprint density at radius 2 is 2.04 bits per heavy atom. The molecule has 1 aromatic rings. The van der Waals surface area contributed by atoms with Gasteiger partial charge in [0.15, 0.2) is 5.96 Å². The van der Waals surface area contributed by atoms with E-state index >= 15 is 0 Å². The molecule has 0 aliphatic heterocycles. The first-order valence-electron chi connectivity index (χ1n) is 10.0. The quantitative estimate of drug-likeness (QED) is 0.513. The zero-order valence-corrected chi connectivity index (χ0v) is 18.3. The van der Waals surface area contributed by atoms with E-state index in [1.807, 2.05) is 36.0 Å². The summed E-state index contributed by atoms with van der Waals surface area (Å²) in [5.74, 6) is 2.73. The van der Waals surface area contributed by atoms with Crippen LogP contribution in [-0.2, 0) is 11.3 Å². The molecule has 0 heterocycles. The van der Waals surface area contributed by atoms with E-state index in [9.17, 15) is 4.79 Å². The molecule has 1 aliphatic carbocycles. The van der Waals surface area contributed by atoms with Gasteiger partial charge in [-0.3, -0.25) is 4.79 Å². The van der Waals surface area contributed by atoms with E-state index in [2.05, 4.69) is 17.6 Å². The van der Waals surface area contributed by atoms with Gasteiger partial charge >= 0.3 is 0 Å². The fourth-order valence-electron chi connectivity index (χ4n) is 3.23. The normalized spacial score (nSPS) is 19.8. The lowest BCUT2D eigenvalue weighted by molar-refractivity contribution is -0.127. The number of hydrogen-bond donors (Lipinski definition) is 2. The predicted molar refractivity (Wildman–Crippen MR) is 118 cm³/mol. The molecule has 1 fully saturated rings. The highest BCUT2D eigenvalue weighted by atomic mass is 32.2. The van der Waals surface area contributed by atoms with Crippen LogP contribution < -0.4 is 15.4 Å². The van der Waals surface area contributed by atoms with Crippen LogP contribution >= 0.6 is 11.8 Å².